The Bertz CT molecular complexity index is 1140. The highest BCUT2D eigenvalue weighted by atomic mass is 19.1. The molecule has 3 aromatic heterocycles. The summed E-state index contributed by atoms with van der Waals surface area (Å²) in [5, 5.41) is 12.3. The second-order valence-electron chi connectivity index (χ2n) is 6.68. The highest BCUT2D eigenvalue weighted by molar-refractivity contribution is 5.71. The largest absolute Gasteiger partial charge is 0.323 e. The summed E-state index contributed by atoms with van der Waals surface area (Å²) in [6.07, 6.45) is 1.49. The number of anilines is 2. The Morgan fingerprint density at radius 1 is 0.964 bits per heavy atom. The van der Waals surface area contributed by atoms with Gasteiger partial charge in [0.25, 0.3) is 0 Å². The quantitative estimate of drug-likeness (QED) is 0.584. The topological polar surface area (TPSA) is 73.5 Å². The molecule has 0 amide bonds. The lowest BCUT2D eigenvalue weighted by Gasteiger charge is -2.07. The van der Waals surface area contributed by atoms with Crippen LogP contribution in [0.2, 0.25) is 0 Å². The highest BCUT2D eigenvalue weighted by Crippen LogP contribution is 2.29. The molecule has 0 saturated heterocycles. The van der Waals surface area contributed by atoms with E-state index in [4.69, 9.17) is 0 Å². The van der Waals surface area contributed by atoms with Crippen molar-refractivity contribution >= 4 is 11.6 Å². The van der Waals surface area contributed by atoms with Crippen LogP contribution in [0.25, 0.3) is 17.1 Å². The van der Waals surface area contributed by atoms with Crippen molar-refractivity contribution in [1.82, 2.24) is 29.5 Å². The van der Waals surface area contributed by atoms with Gasteiger partial charge in [0.1, 0.15) is 18.0 Å². The van der Waals surface area contributed by atoms with Crippen LogP contribution in [0.5, 0.6) is 0 Å². The lowest BCUT2D eigenvalue weighted by atomic mass is 10.1. The second-order valence-corrected chi connectivity index (χ2v) is 6.68. The number of aromatic nitrogens is 6. The first-order valence-corrected chi connectivity index (χ1v) is 8.84. The Labute approximate surface area is 161 Å². The minimum Gasteiger partial charge on any atom is -0.323 e. The number of benzene rings is 1. The smallest absolute Gasteiger partial charge is 0.159 e. The van der Waals surface area contributed by atoms with Gasteiger partial charge in [-0.3, -0.25) is 4.68 Å². The van der Waals surface area contributed by atoms with Gasteiger partial charge in [0.05, 0.1) is 11.4 Å². The fourth-order valence-corrected chi connectivity index (χ4v) is 3.27. The number of nitrogens with zero attached hydrogens (tertiary/aromatic N) is 6. The zero-order chi connectivity index (χ0) is 19.8. The number of hydrogen-bond donors (Lipinski definition) is 1. The summed E-state index contributed by atoms with van der Waals surface area (Å²) in [5.74, 6) is 1.71. The van der Waals surface area contributed by atoms with Crippen LogP contribution in [-0.2, 0) is 7.05 Å². The fraction of sp³-hybridized carbons (Fsp3) is 0.200. The molecule has 142 valence electrons. The van der Waals surface area contributed by atoms with Gasteiger partial charge in [-0.25, -0.2) is 19.0 Å². The molecule has 4 rings (SSSR count). The second kappa shape index (κ2) is 6.88. The van der Waals surface area contributed by atoms with Crippen LogP contribution in [0.15, 0.2) is 42.7 Å². The van der Waals surface area contributed by atoms with Gasteiger partial charge in [-0.1, -0.05) is 0 Å². The van der Waals surface area contributed by atoms with Gasteiger partial charge in [0, 0.05) is 29.9 Å². The molecule has 1 N–H and O–H groups in total. The van der Waals surface area contributed by atoms with Crippen molar-refractivity contribution in [3.8, 4) is 17.1 Å². The predicted octanol–water partition coefficient (Wildman–Crippen LogP) is 3.87. The van der Waals surface area contributed by atoms with E-state index in [9.17, 15) is 4.39 Å². The average Bonchev–Trinajstić information content (AvgIpc) is 3.14. The summed E-state index contributed by atoms with van der Waals surface area (Å²) in [6, 6.07) is 10.2. The van der Waals surface area contributed by atoms with Gasteiger partial charge in [0.15, 0.2) is 11.6 Å². The molecular weight excluding hydrogens is 357 g/mol. The van der Waals surface area contributed by atoms with Crippen LogP contribution >= 0.6 is 0 Å². The molecule has 0 spiro atoms. The maximum absolute atomic E-state index is 13.2. The van der Waals surface area contributed by atoms with Gasteiger partial charge in [0.2, 0.25) is 0 Å². The summed E-state index contributed by atoms with van der Waals surface area (Å²) in [4.78, 5) is 8.61. The number of nitrogens with one attached hydrogen (secondary N) is 1. The van der Waals surface area contributed by atoms with Gasteiger partial charge in [-0.15, -0.1) is 0 Å². The normalized spacial score (nSPS) is 11.0. The third kappa shape index (κ3) is 3.24. The van der Waals surface area contributed by atoms with Crippen LogP contribution in [0.4, 0.5) is 16.0 Å². The molecule has 3 heterocycles. The third-order valence-corrected chi connectivity index (χ3v) is 4.53. The molecule has 0 radical (unpaired) electrons. The van der Waals surface area contributed by atoms with E-state index < -0.39 is 0 Å². The van der Waals surface area contributed by atoms with Crippen LogP contribution in [0.1, 0.15) is 17.0 Å². The molecule has 8 heteroatoms. The van der Waals surface area contributed by atoms with Crippen LogP contribution < -0.4 is 5.32 Å². The summed E-state index contributed by atoms with van der Waals surface area (Å²) >= 11 is 0. The van der Waals surface area contributed by atoms with E-state index in [-0.39, 0.29) is 5.82 Å². The number of hydrogen-bond acceptors (Lipinski definition) is 5. The Hall–Kier alpha value is -3.55. The molecule has 0 aliphatic rings. The van der Waals surface area contributed by atoms with E-state index in [0.29, 0.717) is 17.5 Å². The maximum Gasteiger partial charge on any atom is 0.159 e. The lowest BCUT2D eigenvalue weighted by molar-refractivity contribution is 0.628. The maximum atomic E-state index is 13.2. The molecule has 7 nitrogen and oxygen atoms in total. The lowest BCUT2D eigenvalue weighted by Crippen LogP contribution is -2.04. The Morgan fingerprint density at radius 3 is 2.39 bits per heavy atom. The summed E-state index contributed by atoms with van der Waals surface area (Å²) < 4.78 is 16.8. The molecule has 28 heavy (non-hydrogen) atoms. The summed E-state index contributed by atoms with van der Waals surface area (Å²) in [7, 11) is 1.86. The van der Waals surface area contributed by atoms with Crippen molar-refractivity contribution in [1.29, 1.82) is 0 Å². The van der Waals surface area contributed by atoms with Gasteiger partial charge >= 0.3 is 0 Å². The Kier molecular flexibility index (Phi) is 4.38. The summed E-state index contributed by atoms with van der Waals surface area (Å²) in [5.41, 5.74) is 4.67. The van der Waals surface area contributed by atoms with Crippen LogP contribution in [-0.4, -0.2) is 29.5 Å². The predicted molar refractivity (Wildman–Crippen MR) is 105 cm³/mol. The molecule has 0 atom stereocenters. The zero-order valence-electron chi connectivity index (χ0n) is 16.1. The molecule has 4 aromatic rings. The van der Waals surface area contributed by atoms with E-state index in [2.05, 4.69) is 25.5 Å². The fourth-order valence-electron chi connectivity index (χ4n) is 3.27. The SMILES string of the molecule is Cc1cc(C)n(-c2cc(Nc3nn(C)c(-c4ccc(F)cc4)c3C)ncn2)n1. The van der Waals surface area contributed by atoms with Crippen molar-refractivity contribution < 1.29 is 4.39 Å². The Morgan fingerprint density at radius 2 is 1.71 bits per heavy atom. The van der Waals surface area contributed by atoms with Crippen molar-refractivity contribution in [3.05, 3.63) is 65.5 Å². The molecule has 0 bridgehead atoms. The van der Waals surface area contributed by atoms with Gasteiger partial charge in [-0.2, -0.15) is 10.2 Å². The van der Waals surface area contributed by atoms with Crippen LogP contribution in [0, 0.1) is 26.6 Å². The standard InChI is InChI=1S/C20H20FN7/c1-12-9-13(2)28(25-12)18-10-17(22-11-23-18)24-20-14(3)19(27(4)26-20)15-5-7-16(21)8-6-15/h5-11H,1-4H3,(H,22,23,24,26). The first-order valence-electron chi connectivity index (χ1n) is 8.84. The molecule has 1 aromatic carbocycles. The molecule has 0 fully saturated rings. The van der Waals surface area contributed by atoms with E-state index in [1.807, 2.05) is 40.0 Å². The minimum absolute atomic E-state index is 0.264. The number of halogens is 1. The van der Waals surface area contributed by atoms with Crippen molar-refractivity contribution in [2.75, 3.05) is 5.32 Å². The van der Waals surface area contributed by atoms with Crippen molar-refractivity contribution in [2.24, 2.45) is 7.05 Å². The Balaban J connectivity index is 1.67. The van der Waals surface area contributed by atoms with Crippen LogP contribution in [0.3, 0.4) is 0 Å². The molecule has 0 saturated carbocycles. The van der Waals surface area contributed by atoms with Crippen molar-refractivity contribution in [3.63, 3.8) is 0 Å². The first kappa shape index (κ1) is 17.8. The number of aryl methyl sites for hydroxylation is 3. The van der Waals surface area contributed by atoms with E-state index in [1.165, 1.54) is 18.5 Å². The molecular formula is C20H20FN7. The van der Waals surface area contributed by atoms with Gasteiger partial charge < -0.3 is 5.32 Å². The summed E-state index contributed by atoms with van der Waals surface area (Å²) in [6.45, 7) is 5.89. The average molecular weight is 377 g/mol. The highest BCUT2D eigenvalue weighted by Gasteiger charge is 2.15. The van der Waals surface area contributed by atoms with E-state index >= 15 is 0 Å². The monoisotopic (exact) mass is 377 g/mol. The van der Waals surface area contributed by atoms with E-state index in [1.54, 1.807) is 21.5 Å². The minimum atomic E-state index is -0.264. The van der Waals surface area contributed by atoms with E-state index in [0.717, 1.165) is 28.2 Å². The number of rotatable bonds is 4. The van der Waals surface area contributed by atoms with Gasteiger partial charge in [-0.05, 0) is 51.1 Å². The first-order chi connectivity index (χ1) is 13.4. The third-order valence-electron chi connectivity index (χ3n) is 4.53. The molecule has 0 aliphatic heterocycles. The molecule has 0 aliphatic carbocycles. The van der Waals surface area contributed by atoms with Crippen molar-refractivity contribution in [2.45, 2.75) is 20.8 Å². The zero-order valence-corrected chi connectivity index (χ0v) is 16.1. The molecule has 0 unspecified atom stereocenters.